The molecule has 0 unspecified atom stereocenters. The van der Waals surface area contributed by atoms with Gasteiger partial charge in [-0.25, -0.2) is 8.42 Å². The van der Waals surface area contributed by atoms with E-state index in [1.54, 1.807) is 42.5 Å². The van der Waals surface area contributed by atoms with Crippen molar-refractivity contribution in [2.24, 2.45) is 0 Å². The first-order valence-corrected chi connectivity index (χ1v) is 10.9. The molecule has 1 N–H and O–H groups in total. The molecule has 0 saturated carbocycles. The Morgan fingerprint density at radius 1 is 0.966 bits per heavy atom. The van der Waals surface area contributed by atoms with Crippen LogP contribution in [0.5, 0.6) is 0 Å². The maximum atomic E-state index is 13.4. The molecule has 2 aliphatic rings. The maximum Gasteiger partial charge on any atom is 0.265 e. The van der Waals surface area contributed by atoms with Crippen LogP contribution in [-0.4, -0.2) is 67.9 Å². The van der Waals surface area contributed by atoms with Crippen LogP contribution >= 0.6 is 0 Å². The lowest BCUT2D eigenvalue weighted by Crippen LogP contribution is -2.46. The van der Waals surface area contributed by atoms with E-state index in [0.717, 1.165) is 4.31 Å². The predicted octanol–water partition coefficient (Wildman–Crippen LogP) is 2.13. The van der Waals surface area contributed by atoms with Gasteiger partial charge in [0.2, 0.25) is 5.78 Å². The molecule has 0 radical (unpaired) electrons. The summed E-state index contributed by atoms with van der Waals surface area (Å²) in [4.78, 5) is 15.3. The van der Waals surface area contributed by atoms with Crippen molar-refractivity contribution in [2.75, 3.05) is 39.4 Å². The van der Waals surface area contributed by atoms with Gasteiger partial charge in [0, 0.05) is 37.3 Å². The number of ketones is 1. The molecule has 0 amide bonds. The summed E-state index contributed by atoms with van der Waals surface area (Å²) in [6.45, 7) is 3.07. The molecule has 2 heterocycles. The summed E-state index contributed by atoms with van der Waals surface area (Å²) in [6, 6.07) is 14.6. The van der Waals surface area contributed by atoms with E-state index in [4.69, 9.17) is 4.74 Å². The minimum Gasteiger partial charge on any atom is -0.505 e. The quantitative estimate of drug-likeness (QED) is 0.609. The average molecular weight is 414 g/mol. The number of morpholine rings is 1. The highest BCUT2D eigenvalue weighted by atomic mass is 32.2. The fourth-order valence-corrected chi connectivity index (χ4v) is 5.26. The maximum absolute atomic E-state index is 13.4. The van der Waals surface area contributed by atoms with Gasteiger partial charge in [0.1, 0.15) is 5.70 Å². The number of allylic oxidation sites excluding steroid dienone is 1. The standard InChI is InChI=1S/C21H22N2O5S/c24-20(16-6-2-1-3-7-16)19-21(25)17-8-4-5-9-18(17)29(26,27)23(19)11-10-22-12-14-28-15-13-22/h1-9,24H,10-15H2. The number of sulfonamides is 1. The fraction of sp³-hybridized carbons (Fsp3) is 0.286. The molecule has 1 saturated heterocycles. The number of aliphatic hydroxyl groups excluding tert-OH is 1. The van der Waals surface area contributed by atoms with Crippen LogP contribution in [0.15, 0.2) is 65.2 Å². The molecule has 0 atom stereocenters. The molecule has 152 valence electrons. The third-order valence-corrected chi connectivity index (χ3v) is 7.02. The molecule has 2 aromatic rings. The van der Waals surface area contributed by atoms with E-state index in [1.807, 2.05) is 0 Å². The summed E-state index contributed by atoms with van der Waals surface area (Å²) >= 11 is 0. The van der Waals surface area contributed by atoms with Gasteiger partial charge in [-0.1, -0.05) is 42.5 Å². The van der Waals surface area contributed by atoms with Gasteiger partial charge in [-0.2, -0.15) is 0 Å². The highest BCUT2D eigenvalue weighted by molar-refractivity contribution is 7.89. The Morgan fingerprint density at radius 3 is 2.34 bits per heavy atom. The number of fused-ring (bicyclic) bond motifs is 1. The van der Waals surface area contributed by atoms with E-state index in [2.05, 4.69) is 4.90 Å². The SMILES string of the molecule is O=C1C(=C(O)c2ccccc2)N(CCN2CCOCC2)S(=O)(=O)c2ccccc21. The van der Waals surface area contributed by atoms with Crippen LogP contribution in [0.1, 0.15) is 15.9 Å². The first-order chi connectivity index (χ1) is 14.0. The predicted molar refractivity (Wildman–Crippen MR) is 108 cm³/mol. The highest BCUT2D eigenvalue weighted by Crippen LogP contribution is 2.35. The normalized spacial score (nSPS) is 21.0. The van der Waals surface area contributed by atoms with E-state index in [0.29, 0.717) is 38.4 Å². The number of hydrogen-bond acceptors (Lipinski definition) is 6. The number of aliphatic hydroxyl groups is 1. The molecule has 8 heteroatoms. The molecular formula is C21H22N2O5S. The Labute approximate surface area is 169 Å². The number of benzene rings is 2. The highest BCUT2D eigenvalue weighted by Gasteiger charge is 2.41. The number of carbonyl (C=O) groups excluding carboxylic acids is 1. The molecule has 29 heavy (non-hydrogen) atoms. The van der Waals surface area contributed by atoms with Gasteiger partial charge < -0.3 is 9.84 Å². The van der Waals surface area contributed by atoms with Crippen LogP contribution in [0, 0.1) is 0 Å². The van der Waals surface area contributed by atoms with Gasteiger partial charge in [-0.15, -0.1) is 0 Å². The van der Waals surface area contributed by atoms with Gasteiger partial charge in [-0.3, -0.25) is 14.0 Å². The van der Waals surface area contributed by atoms with Crippen molar-refractivity contribution in [2.45, 2.75) is 4.90 Å². The molecular weight excluding hydrogens is 392 g/mol. The molecule has 0 spiro atoms. The summed E-state index contributed by atoms with van der Waals surface area (Å²) in [5.41, 5.74) is 0.262. The molecule has 0 aliphatic carbocycles. The Hall–Kier alpha value is -2.68. The van der Waals surface area contributed by atoms with E-state index in [9.17, 15) is 18.3 Å². The number of carbonyl (C=O) groups is 1. The fourth-order valence-electron chi connectivity index (χ4n) is 3.61. The molecule has 1 fully saturated rings. The van der Waals surface area contributed by atoms with Crippen molar-refractivity contribution in [1.82, 2.24) is 9.21 Å². The van der Waals surface area contributed by atoms with Crippen LogP contribution in [0.3, 0.4) is 0 Å². The van der Waals surface area contributed by atoms with Gasteiger partial charge >= 0.3 is 0 Å². The van der Waals surface area contributed by atoms with E-state index < -0.39 is 15.8 Å². The zero-order chi connectivity index (χ0) is 20.4. The average Bonchev–Trinajstić information content (AvgIpc) is 2.76. The first-order valence-electron chi connectivity index (χ1n) is 9.45. The topological polar surface area (TPSA) is 87.2 Å². The third-order valence-electron chi connectivity index (χ3n) is 5.16. The Morgan fingerprint density at radius 2 is 1.62 bits per heavy atom. The van der Waals surface area contributed by atoms with Crippen molar-refractivity contribution in [1.29, 1.82) is 0 Å². The van der Waals surface area contributed by atoms with Crippen LogP contribution in [0.25, 0.3) is 5.76 Å². The van der Waals surface area contributed by atoms with Crippen LogP contribution in [0.4, 0.5) is 0 Å². The minimum atomic E-state index is -3.98. The zero-order valence-corrected chi connectivity index (χ0v) is 16.6. The van der Waals surface area contributed by atoms with Crippen LogP contribution in [0.2, 0.25) is 0 Å². The molecule has 2 aliphatic heterocycles. The summed E-state index contributed by atoms with van der Waals surface area (Å²) in [7, 11) is -3.98. The summed E-state index contributed by atoms with van der Waals surface area (Å²) in [6.07, 6.45) is 0. The summed E-state index contributed by atoms with van der Waals surface area (Å²) in [5.74, 6) is -0.839. The van der Waals surface area contributed by atoms with Gasteiger partial charge in [0.25, 0.3) is 10.0 Å². The lowest BCUT2D eigenvalue weighted by atomic mass is 10.0. The summed E-state index contributed by atoms with van der Waals surface area (Å²) < 4.78 is 33.1. The van der Waals surface area contributed by atoms with Gasteiger partial charge in [-0.05, 0) is 12.1 Å². The van der Waals surface area contributed by atoms with Crippen molar-refractivity contribution in [3.63, 3.8) is 0 Å². The molecule has 0 aromatic heterocycles. The van der Waals surface area contributed by atoms with E-state index >= 15 is 0 Å². The first kappa shape index (κ1) is 19.6. The van der Waals surface area contributed by atoms with Crippen molar-refractivity contribution in [3.05, 3.63) is 71.4 Å². The third kappa shape index (κ3) is 3.66. The molecule has 2 aromatic carbocycles. The second kappa shape index (κ2) is 7.98. The second-order valence-electron chi connectivity index (χ2n) is 6.92. The summed E-state index contributed by atoms with van der Waals surface area (Å²) in [5, 5.41) is 10.9. The molecule has 4 rings (SSSR count). The smallest absolute Gasteiger partial charge is 0.265 e. The van der Waals surface area contributed by atoms with Crippen molar-refractivity contribution in [3.8, 4) is 0 Å². The van der Waals surface area contributed by atoms with Gasteiger partial charge in [0.15, 0.2) is 5.76 Å². The Kier molecular flexibility index (Phi) is 5.40. The molecule has 7 nitrogen and oxygen atoms in total. The van der Waals surface area contributed by atoms with Crippen LogP contribution < -0.4 is 0 Å². The number of Topliss-reactive ketones (excluding diaryl/α,β-unsaturated/α-hetero) is 1. The molecule has 0 bridgehead atoms. The van der Waals surface area contributed by atoms with Crippen LogP contribution in [-0.2, 0) is 14.8 Å². The number of rotatable bonds is 4. The monoisotopic (exact) mass is 414 g/mol. The Bertz CT molecular complexity index is 1040. The van der Waals surface area contributed by atoms with E-state index in [-0.39, 0.29) is 28.5 Å². The van der Waals surface area contributed by atoms with Crippen molar-refractivity contribution < 1.29 is 23.1 Å². The zero-order valence-electron chi connectivity index (χ0n) is 15.8. The number of hydrogen-bond donors (Lipinski definition) is 1. The van der Waals surface area contributed by atoms with Gasteiger partial charge in [0.05, 0.1) is 18.1 Å². The largest absolute Gasteiger partial charge is 0.505 e. The van der Waals surface area contributed by atoms with Crippen molar-refractivity contribution >= 4 is 21.6 Å². The number of ether oxygens (including phenoxy) is 1. The minimum absolute atomic E-state index is 0.0309. The number of nitrogens with zero attached hydrogens (tertiary/aromatic N) is 2. The lowest BCUT2D eigenvalue weighted by Gasteiger charge is -2.34. The lowest BCUT2D eigenvalue weighted by molar-refractivity contribution is 0.0368. The Balaban J connectivity index is 1.80. The van der Waals surface area contributed by atoms with E-state index in [1.165, 1.54) is 12.1 Å². The second-order valence-corrected chi connectivity index (χ2v) is 8.75.